The number of carbonyl (C=O) groups is 1. The zero-order valence-electron chi connectivity index (χ0n) is 25.2. The summed E-state index contributed by atoms with van der Waals surface area (Å²) in [5.74, 6) is 0.0698. The molecular weight excluding hydrogens is 546 g/mol. The number of piperidine rings is 1. The Morgan fingerprint density at radius 2 is 1.57 bits per heavy atom. The number of aryl methyl sites for hydroxylation is 1. The molecule has 1 aliphatic rings. The number of sulfonamides is 1. The standard InChI is InChI=1S/C34H45N3O4S/c1-4-22-37(34(38)41-27-31-16-12-11-13-28(31)2)32-20-24-36(25-21-32)23-19-30(29-14-7-5-8-15-29)26-35(3)42(39,40)33-17-9-6-10-18-33/h5-18,30,32H,4,19-27H2,1-3H3. The molecule has 0 bridgehead atoms. The monoisotopic (exact) mass is 591 g/mol. The van der Waals surface area contributed by atoms with E-state index in [1.165, 1.54) is 4.31 Å². The Labute approximate surface area is 252 Å². The van der Waals surface area contributed by atoms with Gasteiger partial charge in [-0.1, -0.05) is 79.7 Å². The minimum Gasteiger partial charge on any atom is -0.445 e. The Hall–Kier alpha value is -3.20. The summed E-state index contributed by atoms with van der Waals surface area (Å²) >= 11 is 0. The van der Waals surface area contributed by atoms with E-state index in [-0.39, 0.29) is 18.1 Å². The maximum Gasteiger partial charge on any atom is 0.410 e. The van der Waals surface area contributed by atoms with Gasteiger partial charge in [0.2, 0.25) is 10.0 Å². The maximum absolute atomic E-state index is 13.2. The van der Waals surface area contributed by atoms with Crippen molar-refractivity contribution in [3.05, 3.63) is 102 Å². The molecule has 1 amide bonds. The molecule has 3 aromatic rings. The molecule has 0 aliphatic carbocycles. The molecule has 0 spiro atoms. The lowest BCUT2D eigenvalue weighted by molar-refractivity contribution is 0.0601. The molecule has 42 heavy (non-hydrogen) atoms. The van der Waals surface area contributed by atoms with E-state index in [0.717, 1.165) is 62.0 Å². The van der Waals surface area contributed by atoms with Gasteiger partial charge in [0.15, 0.2) is 0 Å². The first-order valence-electron chi connectivity index (χ1n) is 15.1. The fraction of sp³-hybridized carbons (Fsp3) is 0.441. The largest absolute Gasteiger partial charge is 0.445 e. The normalized spacial score (nSPS) is 15.4. The third kappa shape index (κ3) is 8.43. The van der Waals surface area contributed by atoms with E-state index < -0.39 is 10.0 Å². The van der Waals surface area contributed by atoms with Gasteiger partial charge in [0.1, 0.15) is 6.61 Å². The van der Waals surface area contributed by atoms with Gasteiger partial charge in [-0.25, -0.2) is 17.5 Å². The van der Waals surface area contributed by atoms with Crippen LogP contribution in [0.4, 0.5) is 4.79 Å². The lowest BCUT2D eigenvalue weighted by Crippen LogP contribution is -2.48. The Morgan fingerprint density at radius 1 is 0.952 bits per heavy atom. The van der Waals surface area contributed by atoms with Crippen LogP contribution in [0.3, 0.4) is 0 Å². The minimum absolute atomic E-state index is 0.0698. The second-order valence-corrected chi connectivity index (χ2v) is 13.3. The van der Waals surface area contributed by atoms with Crippen molar-refractivity contribution in [3.63, 3.8) is 0 Å². The van der Waals surface area contributed by atoms with Gasteiger partial charge in [-0.2, -0.15) is 0 Å². The molecule has 0 saturated carbocycles. The van der Waals surface area contributed by atoms with Crippen LogP contribution in [-0.2, 0) is 21.4 Å². The smallest absolute Gasteiger partial charge is 0.410 e. The summed E-state index contributed by atoms with van der Waals surface area (Å²) in [6.07, 6.45) is 3.30. The van der Waals surface area contributed by atoms with E-state index in [1.54, 1.807) is 31.3 Å². The first-order chi connectivity index (χ1) is 20.3. The van der Waals surface area contributed by atoms with Crippen LogP contribution in [0, 0.1) is 6.92 Å². The fourth-order valence-corrected chi connectivity index (χ4v) is 6.96. The molecule has 0 radical (unpaired) electrons. The van der Waals surface area contributed by atoms with Crippen molar-refractivity contribution >= 4 is 16.1 Å². The molecule has 1 aliphatic heterocycles. The summed E-state index contributed by atoms with van der Waals surface area (Å²) < 4.78 is 33.7. The number of likely N-dealkylation sites (tertiary alicyclic amines) is 1. The summed E-state index contributed by atoms with van der Waals surface area (Å²) in [5.41, 5.74) is 3.30. The molecule has 4 rings (SSSR count). The third-order valence-corrected chi connectivity index (χ3v) is 10.1. The fourth-order valence-electron chi connectivity index (χ4n) is 5.72. The third-order valence-electron chi connectivity index (χ3n) is 8.30. The van der Waals surface area contributed by atoms with Crippen molar-refractivity contribution in [1.29, 1.82) is 0 Å². The highest BCUT2D eigenvalue weighted by molar-refractivity contribution is 7.89. The van der Waals surface area contributed by atoms with Crippen LogP contribution in [0.2, 0.25) is 0 Å². The summed E-state index contributed by atoms with van der Waals surface area (Å²) in [6, 6.07) is 27.0. The van der Waals surface area contributed by atoms with Gasteiger partial charge >= 0.3 is 6.09 Å². The van der Waals surface area contributed by atoms with Gasteiger partial charge < -0.3 is 14.5 Å². The molecule has 1 fully saturated rings. The number of likely N-dealkylation sites (N-methyl/N-ethyl adjacent to an activating group) is 1. The number of ether oxygens (including phenoxy) is 1. The SMILES string of the molecule is CCCN(C(=O)OCc1ccccc1C)C1CCN(CCC(CN(C)S(=O)(=O)c2ccccc2)c2ccccc2)CC1. The molecule has 226 valence electrons. The lowest BCUT2D eigenvalue weighted by Gasteiger charge is -2.38. The van der Waals surface area contributed by atoms with Gasteiger partial charge in [-0.05, 0) is 73.9 Å². The Bertz CT molecular complexity index is 1360. The average Bonchev–Trinajstić information content (AvgIpc) is 3.02. The second kappa shape index (κ2) is 15.3. The van der Waals surface area contributed by atoms with E-state index in [1.807, 2.05) is 60.4 Å². The molecule has 1 heterocycles. The topological polar surface area (TPSA) is 70.2 Å². The molecule has 3 aromatic carbocycles. The van der Waals surface area contributed by atoms with Gasteiger partial charge in [0, 0.05) is 39.3 Å². The Morgan fingerprint density at radius 3 is 2.21 bits per heavy atom. The van der Waals surface area contributed by atoms with Crippen molar-refractivity contribution in [3.8, 4) is 0 Å². The summed E-state index contributed by atoms with van der Waals surface area (Å²) in [6.45, 7) is 8.19. The van der Waals surface area contributed by atoms with Crippen molar-refractivity contribution < 1.29 is 17.9 Å². The molecule has 8 heteroatoms. The van der Waals surface area contributed by atoms with Crippen LogP contribution in [0.1, 0.15) is 55.2 Å². The van der Waals surface area contributed by atoms with Crippen molar-refractivity contribution in [2.45, 2.75) is 63.0 Å². The molecule has 1 unspecified atom stereocenters. The van der Waals surface area contributed by atoms with Crippen molar-refractivity contribution in [2.75, 3.05) is 39.8 Å². The second-order valence-electron chi connectivity index (χ2n) is 11.2. The zero-order chi connectivity index (χ0) is 30.0. The summed E-state index contributed by atoms with van der Waals surface area (Å²) in [4.78, 5) is 17.8. The molecule has 1 atom stereocenters. The van der Waals surface area contributed by atoms with Gasteiger partial charge in [-0.15, -0.1) is 0 Å². The van der Waals surface area contributed by atoms with E-state index >= 15 is 0 Å². The lowest BCUT2D eigenvalue weighted by atomic mass is 9.94. The predicted molar refractivity (Wildman–Crippen MR) is 168 cm³/mol. The first-order valence-corrected chi connectivity index (χ1v) is 16.5. The van der Waals surface area contributed by atoms with E-state index in [2.05, 4.69) is 24.0 Å². The van der Waals surface area contributed by atoms with Crippen LogP contribution >= 0.6 is 0 Å². The van der Waals surface area contributed by atoms with Crippen molar-refractivity contribution in [1.82, 2.24) is 14.1 Å². The first kappa shape index (κ1) is 31.7. The molecule has 0 N–H and O–H groups in total. The average molecular weight is 592 g/mol. The van der Waals surface area contributed by atoms with Crippen LogP contribution in [0.5, 0.6) is 0 Å². The van der Waals surface area contributed by atoms with Gasteiger partial charge in [0.25, 0.3) is 0 Å². The quantitative estimate of drug-likeness (QED) is 0.233. The van der Waals surface area contributed by atoms with Gasteiger partial charge in [0.05, 0.1) is 4.90 Å². The number of benzene rings is 3. The van der Waals surface area contributed by atoms with E-state index in [9.17, 15) is 13.2 Å². The predicted octanol–water partition coefficient (Wildman–Crippen LogP) is 6.30. The number of amides is 1. The maximum atomic E-state index is 13.2. The molecule has 7 nitrogen and oxygen atoms in total. The Balaban J connectivity index is 1.33. The Kier molecular flexibility index (Phi) is 11.6. The highest BCUT2D eigenvalue weighted by Gasteiger charge is 2.30. The van der Waals surface area contributed by atoms with Gasteiger partial charge in [-0.3, -0.25) is 0 Å². The highest BCUT2D eigenvalue weighted by Crippen LogP contribution is 2.26. The minimum atomic E-state index is -3.57. The highest BCUT2D eigenvalue weighted by atomic mass is 32.2. The molecule has 0 aromatic heterocycles. The number of rotatable bonds is 13. The van der Waals surface area contributed by atoms with E-state index in [0.29, 0.717) is 24.6 Å². The molecular formula is C34H45N3O4S. The van der Waals surface area contributed by atoms with Crippen molar-refractivity contribution in [2.24, 2.45) is 0 Å². The van der Waals surface area contributed by atoms with E-state index in [4.69, 9.17) is 4.74 Å². The number of hydrogen-bond acceptors (Lipinski definition) is 5. The number of nitrogens with zero attached hydrogens (tertiary/aromatic N) is 3. The number of carbonyl (C=O) groups excluding carboxylic acids is 1. The summed E-state index contributed by atoms with van der Waals surface area (Å²) in [5, 5.41) is 0. The van der Waals surface area contributed by atoms with Crippen LogP contribution in [0.15, 0.2) is 89.8 Å². The number of hydrogen-bond donors (Lipinski definition) is 0. The molecule has 1 saturated heterocycles. The summed E-state index contributed by atoms with van der Waals surface area (Å²) in [7, 11) is -1.90. The van der Waals surface area contributed by atoms with Crippen LogP contribution in [-0.4, -0.2) is 74.4 Å². The van der Waals surface area contributed by atoms with Crippen LogP contribution < -0.4 is 0 Å². The van der Waals surface area contributed by atoms with Crippen LogP contribution in [0.25, 0.3) is 0 Å². The zero-order valence-corrected chi connectivity index (χ0v) is 26.0.